The van der Waals surface area contributed by atoms with Crippen molar-refractivity contribution >= 4 is 17.0 Å². The van der Waals surface area contributed by atoms with Crippen molar-refractivity contribution in [3.05, 3.63) is 23.2 Å². The van der Waals surface area contributed by atoms with Crippen LogP contribution >= 0.6 is 11.3 Å². The van der Waals surface area contributed by atoms with Crippen LogP contribution in [-0.2, 0) is 6.54 Å². The number of rotatable bonds is 3. The van der Waals surface area contributed by atoms with Gasteiger partial charge in [-0.1, -0.05) is 6.92 Å². The number of aromatic nitrogens is 2. The molecule has 4 heteroatoms. The van der Waals surface area contributed by atoms with E-state index >= 15 is 0 Å². The molecule has 2 N–H and O–H groups in total. The van der Waals surface area contributed by atoms with Gasteiger partial charge in [-0.3, -0.25) is 4.68 Å². The van der Waals surface area contributed by atoms with Crippen LogP contribution in [0, 0.1) is 6.92 Å². The normalized spacial score (nSPS) is 10.8. The van der Waals surface area contributed by atoms with Crippen molar-refractivity contribution < 1.29 is 0 Å². The van der Waals surface area contributed by atoms with Crippen molar-refractivity contribution in [3.8, 4) is 10.6 Å². The zero-order valence-corrected chi connectivity index (χ0v) is 9.84. The Kier molecular flexibility index (Phi) is 2.77. The van der Waals surface area contributed by atoms with Crippen molar-refractivity contribution in [2.45, 2.75) is 26.8 Å². The van der Waals surface area contributed by atoms with Crippen LogP contribution in [-0.4, -0.2) is 9.78 Å². The number of aryl methyl sites for hydroxylation is 2. The molecule has 0 saturated carbocycles. The van der Waals surface area contributed by atoms with Gasteiger partial charge in [-0.25, -0.2) is 0 Å². The Hall–Kier alpha value is -1.29. The lowest BCUT2D eigenvalue weighted by atomic mass is 10.2. The number of hydrogen-bond acceptors (Lipinski definition) is 3. The zero-order valence-electron chi connectivity index (χ0n) is 9.03. The molecule has 15 heavy (non-hydrogen) atoms. The second-order valence-electron chi connectivity index (χ2n) is 3.63. The third-order valence-electron chi connectivity index (χ3n) is 2.32. The second-order valence-corrected chi connectivity index (χ2v) is 4.54. The first-order valence-corrected chi connectivity index (χ1v) is 5.97. The number of nitrogens with two attached hydrogens (primary N) is 1. The lowest BCUT2D eigenvalue weighted by Gasteiger charge is -1.96. The van der Waals surface area contributed by atoms with Crippen LogP contribution in [0.4, 0.5) is 5.69 Å². The van der Waals surface area contributed by atoms with Crippen LogP contribution in [0.1, 0.15) is 18.9 Å². The minimum Gasteiger partial charge on any atom is -0.396 e. The lowest BCUT2D eigenvalue weighted by Crippen LogP contribution is -1.96. The Balaban J connectivity index is 2.40. The van der Waals surface area contributed by atoms with E-state index in [1.807, 2.05) is 10.9 Å². The topological polar surface area (TPSA) is 43.8 Å². The van der Waals surface area contributed by atoms with Crippen LogP contribution in [0.5, 0.6) is 0 Å². The maximum atomic E-state index is 5.96. The molecule has 0 aromatic carbocycles. The maximum Gasteiger partial charge on any atom is 0.125 e. The Morgan fingerprint density at radius 3 is 2.93 bits per heavy atom. The Morgan fingerprint density at radius 1 is 1.53 bits per heavy atom. The Labute approximate surface area is 93.5 Å². The SMILES string of the molecule is CCCn1cc(N)c(-c2sccc2C)n1. The average molecular weight is 221 g/mol. The Morgan fingerprint density at radius 2 is 2.33 bits per heavy atom. The molecule has 0 aliphatic carbocycles. The molecule has 0 radical (unpaired) electrons. The smallest absolute Gasteiger partial charge is 0.125 e. The molecule has 2 aromatic heterocycles. The van der Waals surface area contributed by atoms with E-state index in [4.69, 9.17) is 5.73 Å². The van der Waals surface area contributed by atoms with Gasteiger partial charge in [-0.2, -0.15) is 5.10 Å². The predicted molar refractivity (Wildman–Crippen MR) is 65.0 cm³/mol. The van der Waals surface area contributed by atoms with Crippen molar-refractivity contribution in [2.75, 3.05) is 5.73 Å². The van der Waals surface area contributed by atoms with Crippen LogP contribution in [0.25, 0.3) is 10.6 Å². The molecule has 0 aliphatic rings. The van der Waals surface area contributed by atoms with Crippen molar-refractivity contribution in [1.29, 1.82) is 0 Å². The lowest BCUT2D eigenvalue weighted by molar-refractivity contribution is 0.605. The fraction of sp³-hybridized carbons (Fsp3) is 0.364. The number of nitrogen functional groups attached to an aromatic ring is 1. The van der Waals surface area contributed by atoms with Gasteiger partial charge in [0, 0.05) is 12.7 Å². The minimum atomic E-state index is 0.772. The molecule has 3 nitrogen and oxygen atoms in total. The van der Waals surface area contributed by atoms with Gasteiger partial charge in [-0.15, -0.1) is 11.3 Å². The maximum absolute atomic E-state index is 5.96. The summed E-state index contributed by atoms with van der Waals surface area (Å²) in [5, 5.41) is 6.58. The molecule has 0 unspecified atom stereocenters. The van der Waals surface area contributed by atoms with Gasteiger partial charge in [0.1, 0.15) is 5.69 Å². The minimum absolute atomic E-state index is 0.772. The molecule has 0 saturated heterocycles. The van der Waals surface area contributed by atoms with Crippen LogP contribution in [0.2, 0.25) is 0 Å². The standard InChI is InChI=1S/C11H15N3S/c1-3-5-14-7-9(12)10(13-14)11-8(2)4-6-15-11/h4,6-7H,3,5,12H2,1-2H3. The highest BCUT2D eigenvalue weighted by atomic mass is 32.1. The van der Waals surface area contributed by atoms with Crippen LogP contribution < -0.4 is 5.73 Å². The highest BCUT2D eigenvalue weighted by Crippen LogP contribution is 2.31. The quantitative estimate of drug-likeness (QED) is 0.866. The van der Waals surface area contributed by atoms with E-state index in [2.05, 4.69) is 30.4 Å². The summed E-state index contributed by atoms with van der Waals surface area (Å²) in [7, 11) is 0. The second kappa shape index (κ2) is 4.06. The fourth-order valence-corrected chi connectivity index (χ4v) is 2.50. The van der Waals surface area contributed by atoms with Crippen molar-refractivity contribution in [1.82, 2.24) is 9.78 Å². The summed E-state index contributed by atoms with van der Waals surface area (Å²) in [6.45, 7) is 5.15. The summed E-state index contributed by atoms with van der Waals surface area (Å²) in [6.07, 6.45) is 2.99. The summed E-state index contributed by atoms with van der Waals surface area (Å²) >= 11 is 1.69. The van der Waals surface area contributed by atoms with E-state index in [0.717, 1.165) is 24.3 Å². The van der Waals surface area contributed by atoms with E-state index < -0.39 is 0 Å². The summed E-state index contributed by atoms with van der Waals surface area (Å²) in [5.41, 5.74) is 8.90. The molecule has 0 aliphatic heterocycles. The fourth-order valence-electron chi connectivity index (χ4n) is 1.57. The summed E-state index contributed by atoms with van der Waals surface area (Å²) in [5.74, 6) is 0. The molecule has 0 atom stereocenters. The summed E-state index contributed by atoms with van der Waals surface area (Å²) in [6, 6.07) is 2.10. The van der Waals surface area contributed by atoms with Gasteiger partial charge in [-0.05, 0) is 30.4 Å². The summed E-state index contributed by atoms with van der Waals surface area (Å²) in [4.78, 5) is 1.18. The van der Waals surface area contributed by atoms with Gasteiger partial charge in [0.05, 0.1) is 10.6 Å². The number of hydrogen-bond donors (Lipinski definition) is 1. The van der Waals surface area contributed by atoms with E-state index in [1.54, 1.807) is 11.3 Å². The molecule has 0 bridgehead atoms. The molecular weight excluding hydrogens is 206 g/mol. The molecule has 0 spiro atoms. The van der Waals surface area contributed by atoms with Gasteiger partial charge >= 0.3 is 0 Å². The average Bonchev–Trinajstić information content (AvgIpc) is 2.73. The molecular formula is C11H15N3S. The van der Waals surface area contributed by atoms with E-state index in [-0.39, 0.29) is 0 Å². The van der Waals surface area contributed by atoms with Gasteiger partial charge in [0.15, 0.2) is 0 Å². The number of anilines is 1. The molecule has 2 rings (SSSR count). The monoisotopic (exact) mass is 221 g/mol. The molecule has 0 amide bonds. The van der Waals surface area contributed by atoms with E-state index in [0.29, 0.717) is 0 Å². The summed E-state index contributed by atoms with van der Waals surface area (Å²) < 4.78 is 1.92. The van der Waals surface area contributed by atoms with E-state index in [1.165, 1.54) is 10.4 Å². The largest absolute Gasteiger partial charge is 0.396 e. The first-order chi connectivity index (χ1) is 7.22. The van der Waals surface area contributed by atoms with Gasteiger partial charge in [0.2, 0.25) is 0 Å². The zero-order chi connectivity index (χ0) is 10.8. The predicted octanol–water partition coefficient (Wildman–Crippen LogP) is 2.91. The first-order valence-electron chi connectivity index (χ1n) is 5.09. The van der Waals surface area contributed by atoms with Crippen molar-refractivity contribution in [2.24, 2.45) is 0 Å². The molecule has 2 aromatic rings. The van der Waals surface area contributed by atoms with Crippen molar-refractivity contribution in [3.63, 3.8) is 0 Å². The van der Waals surface area contributed by atoms with Crippen LogP contribution in [0.3, 0.4) is 0 Å². The molecule has 2 heterocycles. The Bertz CT molecular complexity index is 456. The highest BCUT2D eigenvalue weighted by Gasteiger charge is 2.11. The third-order valence-corrected chi connectivity index (χ3v) is 3.34. The molecule has 0 fully saturated rings. The van der Waals surface area contributed by atoms with Gasteiger partial charge < -0.3 is 5.73 Å². The van der Waals surface area contributed by atoms with E-state index in [9.17, 15) is 0 Å². The third kappa shape index (κ3) is 1.90. The first kappa shape index (κ1) is 10.2. The molecule has 80 valence electrons. The highest BCUT2D eigenvalue weighted by molar-refractivity contribution is 7.13. The number of nitrogens with zero attached hydrogens (tertiary/aromatic N) is 2. The number of thiophene rings is 1. The van der Waals surface area contributed by atoms with Gasteiger partial charge in [0.25, 0.3) is 0 Å². The van der Waals surface area contributed by atoms with Crippen LogP contribution in [0.15, 0.2) is 17.6 Å².